The molecule has 2 aliphatic heterocycles. The van der Waals surface area contributed by atoms with Crippen LogP contribution in [-0.4, -0.2) is 83.7 Å². The fourth-order valence-corrected chi connectivity index (χ4v) is 5.50. The van der Waals surface area contributed by atoms with E-state index in [0.717, 1.165) is 0 Å². The lowest BCUT2D eigenvalue weighted by Gasteiger charge is -2.30. The number of likely N-dealkylation sites (N-methyl/N-ethyl adjacent to an activating group) is 1. The Bertz CT molecular complexity index is 677. The average Bonchev–Trinajstić information content (AvgIpc) is 3.16. The number of nitrogens with one attached hydrogen (secondary N) is 4. The van der Waals surface area contributed by atoms with Crippen LogP contribution in [0.2, 0.25) is 0 Å². The summed E-state index contributed by atoms with van der Waals surface area (Å²) in [6.07, 6.45) is 1.15. The van der Waals surface area contributed by atoms with Gasteiger partial charge < -0.3 is 26.2 Å². The Balaban J connectivity index is 2.25. The van der Waals surface area contributed by atoms with E-state index in [0.29, 0.717) is 19.4 Å². The summed E-state index contributed by atoms with van der Waals surface area (Å²) in [5.41, 5.74) is 0. The summed E-state index contributed by atoms with van der Waals surface area (Å²) in [5.74, 6) is -1.35. The third-order valence-electron chi connectivity index (χ3n) is 4.70. The molecule has 0 bridgehead atoms. The van der Waals surface area contributed by atoms with E-state index in [9.17, 15) is 24.0 Å². The van der Waals surface area contributed by atoms with Gasteiger partial charge in [0.05, 0.1) is 0 Å². The number of carbonyl (C=O) groups is 5. The minimum Gasteiger partial charge on any atom is -0.357 e. The summed E-state index contributed by atoms with van der Waals surface area (Å²) in [6.45, 7) is 3.29. The third-order valence-corrected chi connectivity index (χ3v) is 7.12. The summed E-state index contributed by atoms with van der Waals surface area (Å²) in [4.78, 5) is 63.3. The normalized spacial score (nSPS) is 29.2. The Morgan fingerprint density at radius 2 is 1.79 bits per heavy atom. The predicted molar refractivity (Wildman–Crippen MR) is 111 cm³/mol. The molecule has 0 aromatic carbocycles. The second-order valence-electron chi connectivity index (χ2n) is 6.92. The van der Waals surface area contributed by atoms with Crippen molar-refractivity contribution in [1.29, 1.82) is 0 Å². The van der Waals surface area contributed by atoms with Crippen molar-refractivity contribution in [1.82, 2.24) is 26.2 Å². The molecule has 12 heteroatoms. The monoisotopic (exact) mass is 445 g/mol. The first-order chi connectivity index (χ1) is 13.7. The smallest absolute Gasteiger partial charge is 0.246 e. The molecule has 2 aliphatic rings. The fourth-order valence-electron chi connectivity index (χ4n) is 3.18. The number of rotatable bonds is 2. The van der Waals surface area contributed by atoms with Crippen LogP contribution in [0.1, 0.15) is 26.7 Å². The summed E-state index contributed by atoms with van der Waals surface area (Å²) in [6, 6.07) is -3.11. The highest BCUT2D eigenvalue weighted by Crippen LogP contribution is 2.25. The summed E-state index contributed by atoms with van der Waals surface area (Å²) in [7, 11) is 4.13. The maximum absolute atomic E-state index is 13.0. The molecule has 2 rings (SSSR count). The third kappa shape index (κ3) is 6.26. The standard InChI is InChI=1S/C17H27N5O5S2/c1-9-14(24)21-11(15(25)18-3)7-28-29-8-12(20-10(2)23)17(27)22-6-4-5-13(22)16(26)19-9/h9,11-13H,4-8H2,1-3H3,(H,18,25)(H,19,26)(H,20,23)(H,21,24)/t9-,11-,12-,13-/m0/s1. The number of amides is 5. The van der Waals surface area contributed by atoms with Crippen molar-refractivity contribution in [3.8, 4) is 0 Å². The van der Waals surface area contributed by atoms with E-state index >= 15 is 0 Å². The largest absolute Gasteiger partial charge is 0.357 e. The SMILES string of the molecule is CNC(=O)[C@@H]1CSSC[C@H](NC(C)=O)C(=O)N2CCC[C@H]2C(=O)N[C@@H](C)C(=O)N1. The van der Waals surface area contributed by atoms with E-state index in [-0.39, 0.29) is 29.2 Å². The predicted octanol–water partition coefficient (Wildman–Crippen LogP) is -1.39. The molecule has 2 saturated heterocycles. The highest BCUT2D eigenvalue weighted by molar-refractivity contribution is 8.76. The zero-order valence-corrected chi connectivity index (χ0v) is 18.3. The molecule has 162 valence electrons. The maximum atomic E-state index is 13.0. The van der Waals surface area contributed by atoms with Gasteiger partial charge in [0.1, 0.15) is 24.2 Å². The van der Waals surface area contributed by atoms with Crippen LogP contribution in [-0.2, 0) is 24.0 Å². The first-order valence-electron chi connectivity index (χ1n) is 9.39. The average molecular weight is 446 g/mol. The van der Waals surface area contributed by atoms with Crippen molar-refractivity contribution in [2.75, 3.05) is 25.1 Å². The van der Waals surface area contributed by atoms with Gasteiger partial charge in [0.25, 0.3) is 0 Å². The van der Waals surface area contributed by atoms with E-state index in [4.69, 9.17) is 0 Å². The van der Waals surface area contributed by atoms with Crippen LogP contribution < -0.4 is 21.3 Å². The molecule has 2 fully saturated rings. The summed E-state index contributed by atoms with van der Waals surface area (Å²) in [5, 5.41) is 10.4. The topological polar surface area (TPSA) is 137 Å². The van der Waals surface area contributed by atoms with Crippen LogP contribution in [0, 0.1) is 0 Å². The van der Waals surface area contributed by atoms with Crippen LogP contribution in [0.5, 0.6) is 0 Å². The van der Waals surface area contributed by atoms with Gasteiger partial charge in [-0.15, -0.1) is 0 Å². The maximum Gasteiger partial charge on any atom is 0.246 e. The van der Waals surface area contributed by atoms with Gasteiger partial charge in [0.15, 0.2) is 0 Å². The highest BCUT2D eigenvalue weighted by Gasteiger charge is 2.38. The van der Waals surface area contributed by atoms with Crippen LogP contribution in [0.25, 0.3) is 0 Å². The van der Waals surface area contributed by atoms with Crippen LogP contribution >= 0.6 is 21.6 Å². The molecule has 0 aliphatic carbocycles. The molecule has 5 amide bonds. The number of hydrogen-bond acceptors (Lipinski definition) is 7. The van der Waals surface area contributed by atoms with E-state index < -0.39 is 36.0 Å². The lowest BCUT2D eigenvalue weighted by atomic mass is 10.1. The van der Waals surface area contributed by atoms with Crippen molar-refractivity contribution in [3.63, 3.8) is 0 Å². The van der Waals surface area contributed by atoms with Gasteiger partial charge in [-0.25, -0.2) is 0 Å². The van der Waals surface area contributed by atoms with Crippen molar-refractivity contribution in [2.24, 2.45) is 0 Å². The molecule has 2 heterocycles. The molecule has 4 N–H and O–H groups in total. The van der Waals surface area contributed by atoms with Crippen LogP contribution in [0.3, 0.4) is 0 Å². The molecule has 0 radical (unpaired) electrons. The van der Waals surface area contributed by atoms with Gasteiger partial charge in [-0.05, 0) is 19.8 Å². The van der Waals surface area contributed by atoms with Gasteiger partial charge in [0.2, 0.25) is 29.5 Å². The molecule has 0 saturated carbocycles. The Labute approximate surface area is 177 Å². The van der Waals surface area contributed by atoms with Gasteiger partial charge in [-0.2, -0.15) is 0 Å². The minimum atomic E-state index is -0.862. The second-order valence-corrected chi connectivity index (χ2v) is 9.47. The summed E-state index contributed by atoms with van der Waals surface area (Å²) < 4.78 is 0. The Morgan fingerprint density at radius 1 is 1.10 bits per heavy atom. The molecule has 0 aromatic heterocycles. The van der Waals surface area contributed by atoms with Gasteiger partial charge in [-0.3, -0.25) is 24.0 Å². The molecule has 10 nitrogen and oxygen atoms in total. The first-order valence-corrected chi connectivity index (χ1v) is 11.9. The van der Waals surface area contributed by atoms with E-state index in [1.54, 1.807) is 0 Å². The Kier molecular flexibility index (Phi) is 8.62. The number of hydrogen-bond donors (Lipinski definition) is 4. The molecule has 0 unspecified atom stereocenters. The molecular formula is C17H27N5O5S2. The van der Waals surface area contributed by atoms with Gasteiger partial charge >= 0.3 is 0 Å². The number of nitrogens with zero attached hydrogens (tertiary/aromatic N) is 1. The van der Waals surface area contributed by atoms with E-state index in [1.807, 2.05) is 0 Å². The lowest BCUT2D eigenvalue weighted by Crippen LogP contribution is -2.58. The van der Waals surface area contributed by atoms with Crippen molar-refractivity contribution >= 4 is 51.1 Å². The van der Waals surface area contributed by atoms with Crippen molar-refractivity contribution in [3.05, 3.63) is 0 Å². The first kappa shape index (κ1) is 23.3. The van der Waals surface area contributed by atoms with Crippen LogP contribution in [0.4, 0.5) is 0 Å². The van der Waals surface area contributed by atoms with E-state index in [1.165, 1.54) is 47.4 Å². The fraction of sp³-hybridized carbons (Fsp3) is 0.706. The zero-order valence-electron chi connectivity index (χ0n) is 16.6. The number of carbonyl (C=O) groups excluding carboxylic acids is 5. The van der Waals surface area contributed by atoms with Crippen LogP contribution in [0.15, 0.2) is 0 Å². The lowest BCUT2D eigenvalue weighted by molar-refractivity contribution is -0.141. The minimum absolute atomic E-state index is 0.268. The second kappa shape index (κ2) is 10.7. The molecule has 4 atom stereocenters. The van der Waals surface area contributed by atoms with Gasteiger partial charge in [-0.1, -0.05) is 21.6 Å². The molecular weight excluding hydrogens is 418 g/mol. The van der Waals surface area contributed by atoms with Crippen molar-refractivity contribution in [2.45, 2.75) is 50.9 Å². The number of fused-ring (bicyclic) bond motifs is 1. The van der Waals surface area contributed by atoms with Gasteiger partial charge in [0, 0.05) is 32.0 Å². The molecule has 0 aromatic rings. The molecule has 29 heavy (non-hydrogen) atoms. The Morgan fingerprint density at radius 3 is 2.45 bits per heavy atom. The Hall–Kier alpha value is -1.95. The highest BCUT2D eigenvalue weighted by atomic mass is 33.1. The van der Waals surface area contributed by atoms with Crippen molar-refractivity contribution < 1.29 is 24.0 Å². The quantitative estimate of drug-likeness (QED) is 0.384. The zero-order chi connectivity index (χ0) is 21.6. The summed E-state index contributed by atoms with van der Waals surface area (Å²) >= 11 is 0. The van der Waals surface area contributed by atoms with E-state index in [2.05, 4.69) is 21.3 Å². The molecule has 0 spiro atoms.